The number of nitrogens with one attached hydrogen (secondary N) is 1. The molecule has 0 spiro atoms. The summed E-state index contributed by atoms with van der Waals surface area (Å²) in [5.41, 5.74) is 12.5. The van der Waals surface area contributed by atoms with Crippen LogP contribution in [0.3, 0.4) is 0 Å². The quantitative estimate of drug-likeness (QED) is 0.360. The molecule has 3 fully saturated rings. The number of hydrogen-bond acceptors (Lipinski definition) is 5. The molecule has 1 aliphatic heterocycles. The van der Waals surface area contributed by atoms with Crippen LogP contribution in [-0.2, 0) is 22.6 Å². The molecule has 0 atom stereocenters. The lowest BCUT2D eigenvalue weighted by Gasteiger charge is -2.36. The zero-order valence-electron chi connectivity index (χ0n) is 25.4. The zero-order chi connectivity index (χ0) is 29.8. The average molecular weight is 580 g/mol. The fourth-order valence-corrected chi connectivity index (χ4v) is 6.47. The van der Waals surface area contributed by atoms with E-state index < -0.39 is 0 Å². The van der Waals surface area contributed by atoms with Crippen molar-refractivity contribution in [2.75, 3.05) is 43.4 Å². The molecule has 0 aromatic heterocycles. The van der Waals surface area contributed by atoms with Crippen molar-refractivity contribution in [1.82, 2.24) is 9.80 Å². The molecule has 226 valence electrons. The predicted octanol–water partition coefficient (Wildman–Crippen LogP) is 5.30. The highest BCUT2D eigenvalue weighted by molar-refractivity contribution is 5.98. The lowest BCUT2D eigenvalue weighted by atomic mass is 9.90. The number of rotatable bonds is 9. The Morgan fingerprint density at radius 1 is 0.814 bits per heavy atom. The Balaban J connectivity index is 1.25. The molecule has 1 heterocycles. The van der Waals surface area contributed by atoms with E-state index in [2.05, 4.69) is 69.5 Å². The molecule has 3 aliphatic rings. The van der Waals surface area contributed by atoms with E-state index in [9.17, 15) is 9.59 Å². The Labute approximate surface area is 256 Å². The van der Waals surface area contributed by atoms with Crippen molar-refractivity contribution in [3.8, 4) is 11.1 Å². The first kappa shape index (κ1) is 29.4. The fourth-order valence-electron chi connectivity index (χ4n) is 6.47. The second kappa shape index (κ2) is 13.3. The highest BCUT2D eigenvalue weighted by atomic mass is 16.2. The zero-order valence-corrected chi connectivity index (χ0v) is 25.4. The van der Waals surface area contributed by atoms with Gasteiger partial charge in [0.2, 0.25) is 11.8 Å². The number of nitrogens with zero attached hydrogens (tertiary/aromatic N) is 3. The molecule has 2 aliphatic carbocycles. The summed E-state index contributed by atoms with van der Waals surface area (Å²) < 4.78 is 0. The molecule has 0 radical (unpaired) electrons. The standard InChI is InChI=1S/C36H45N5O2/c1-39-18-20-40(21-19-39)34-17-12-30(24-33(34)38-36(43)28-10-11-28)29-9-5-8-27(22-29)25-41(32-15-13-31(37)14-16-32)35(42)23-26-6-3-2-4-7-26/h2-9,12,17,22,24,28,31-32H,10-11,13-16,18-21,23,25,37H2,1H3,(H,38,43). The molecule has 7 nitrogen and oxygen atoms in total. The number of likely N-dealkylation sites (N-methyl/N-ethyl adjacent to an activating group) is 1. The molecule has 1 saturated heterocycles. The van der Waals surface area contributed by atoms with E-state index in [1.54, 1.807) is 0 Å². The summed E-state index contributed by atoms with van der Waals surface area (Å²) in [6.45, 7) is 4.47. The fraction of sp³-hybridized carbons (Fsp3) is 0.444. The minimum absolute atomic E-state index is 0.126. The van der Waals surface area contributed by atoms with Crippen molar-refractivity contribution in [3.05, 3.63) is 83.9 Å². The molecular weight excluding hydrogens is 534 g/mol. The van der Waals surface area contributed by atoms with Crippen LogP contribution in [0, 0.1) is 5.92 Å². The molecule has 3 aromatic rings. The average Bonchev–Trinajstić information content (AvgIpc) is 3.88. The van der Waals surface area contributed by atoms with Crippen molar-refractivity contribution in [2.45, 2.75) is 63.6 Å². The number of amides is 2. The van der Waals surface area contributed by atoms with E-state index >= 15 is 0 Å². The number of hydrogen-bond donors (Lipinski definition) is 2. The van der Waals surface area contributed by atoms with Crippen molar-refractivity contribution >= 4 is 23.2 Å². The van der Waals surface area contributed by atoms with Gasteiger partial charge in [-0.3, -0.25) is 9.59 Å². The second-order valence-electron chi connectivity index (χ2n) is 12.7. The van der Waals surface area contributed by atoms with Gasteiger partial charge in [-0.05, 0) is 86.0 Å². The van der Waals surface area contributed by atoms with Gasteiger partial charge in [0.05, 0.1) is 17.8 Å². The van der Waals surface area contributed by atoms with Crippen molar-refractivity contribution in [1.29, 1.82) is 0 Å². The van der Waals surface area contributed by atoms with Crippen LogP contribution in [0.4, 0.5) is 11.4 Å². The van der Waals surface area contributed by atoms with Crippen LogP contribution in [-0.4, -0.2) is 66.9 Å². The predicted molar refractivity (Wildman–Crippen MR) is 174 cm³/mol. The first-order valence-corrected chi connectivity index (χ1v) is 16.0. The van der Waals surface area contributed by atoms with E-state index in [0.29, 0.717) is 13.0 Å². The molecule has 3 N–H and O–H groups in total. The van der Waals surface area contributed by atoms with Crippen molar-refractivity contribution in [2.24, 2.45) is 11.7 Å². The Morgan fingerprint density at radius 3 is 2.23 bits per heavy atom. The molecule has 0 bridgehead atoms. The third-order valence-corrected chi connectivity index (χ3v) is 9.36. The lowest BCUT2D eigenvalue weighted by molar-refractivity contribution is -0.134. The first-order valence-electron chi connectivity index (χ1n) is 16.0. The summed E-state index contributed by atoms with van der Waals surface area (Å²) in [4.78, 5) is 33.4. The van der Waals surface area contributed by atoms with E-state index in [-0.39, 0.29) is 29.8 Å². The highest BCUT2D eigenvalue weighted by Gasteiger charge is 2.31. The Bertz CT molecular complexity index is 1410. The normalized spacial score (nSPS) is 20.9. The molecule has 2 saturated carbocycles. The third-order valence-electron chi connectivity index (χ3n) is 9.36. The van der Waals surface area contributed by atoms with Gasteiger partial charge in [-0.1, -0.05) is 54.6 Å². The molecule has 2 amide bonds. The van der Waals surface area contributed by atoms with Gasteiger partial charge in [0, 0.05) is 50.7 Å². The Morgan fingerprint density at radius 2 is 1.51 bits per heavy atom. The van der Waals surface area contributed by atoms with Gasteiger partial charge in [0.1, 0.15) is 0 Å². The number of anilines is 2. The molecule has 3 aromatic carbocycles. The third kappa shape index (κ3) is 7.46. The smallest absolute Gasteiger partial charge is 0.227 e. The summed E-state index contributed by atoms with van der Waals surface area (Å²) in [5, 5.41) is 3.27. The maximum Gasteiger partial charge on any atom is 0.227 e. The number of piperazine rings is 1. The molecule has 7 heteroatoms. The first-order chi connectivity index (χ1) is 20.9. The van der Waals surface area contributed by atoms with Gasteiger partial charge < -0.3 is 25.8 Å². The van der Waals surface area contributed by atoms with Crippen LogP contribution in [0.15, 0.2) is 72.8 Å². The van der Waals surface area contributed by atoms with Gasteiger partial charge in [-0.15, -0.1) is 0 Å². The monoisotopic (exact) mass is 579 g/mol. The van der Waals surface area contributed by atoms with E-state index in [0.717, 1.165) is 98.3 Å². The van der Waals surface area contributed by atoms with Gasteiger partial charge >= 0.3 is 0 Å². The SMILES string of the molecule is CN1CCN(c2ccc(-c3cccc(CN(C(=O)Cc4ccccc4)C4CCC(N)CC4)c3)cc2NC(=O)C2CC2)CC1. The summed E-state index contributed by atoms with van der Waals surface area (Å²) in [6.07, 6.45) is 6.15. The highest BCUT2D eigenvalue weighted by Crippen LogP contribution is 2.36. The number of carbonyl (C=O) groups excluding carboxylic acids is 2. The number of nitrogens with two attached hydrogens (primary N) is 1. The molecular formula is C36H45N5O2. The van der Waals surface area contributed by atoms with Gasteiger partial charge in [0.15, 0.2) is 0 Å². The molecule has 43 heavy (non-hydrogen) atoms. The second-order valence-corrected chi connectivity index (χ2v) is 12.7. The van der Waals surface area contributed by atoms with Crippen molar-refractivity contribution < 1.29 is 9.59 Å². The van der Waals surface area contributed by atoms with Crippen molar-refractivity contribution in [3.63, 3.8) is 0 Å². The number of carbonyl (C=O) groups is 2. The topological polar surface area (TPSA) is 81.9 Å². The van der Waals surface area contributed by atoms with Crippen LogP contribution in [0.1, 0.15) is 49.7 Å². The summed E-state index contributed by atoms with van der Waals surface area (Å²) in [7, 11) is 2.16. The van der Waals surface area contributed by atoms with Gasteiger partial charge in [-0.2, -0.15) is 0 Å². The van der Waals surface area contributed by atoms with E-state index in [4.69, 9.17) is 5.73 Å². The van der Waals surface area contributed by atoms with Crippen LogP contribution < -0.4 is 16.0 Å². The largest absolute Gasteiger partial charge is 0.367 e. The lowest BCUT2D eigenvalue weighted by Crippen LogP contribution is -2.44. The van der Waals surface area contributed by atoms with Crippen LogP contribution in [0.25, 0.3) is 11.1 Å². The van der Waals surface area contributed by atoms with Crippen LogP contribution >= 0.6 is 0 Å². The van der Waals surface area contributed by atoms with Crippen LogP contribution in [0.2, 0.25) is 0 Å². The minimum atomic E-state index is 0.126. The Kier molecular flexibility index (Phi) is 9.10. The minimum Gasteiger partial charge on any atom is -0.367 e. The summed E-state index contributed by atoms with van der Waals surface area (Å²) >= 11 is 0. The van der Waals surface area contributed by atoms with Crippen LogP contribution in [0.5, 0.6) is 0 Å². The van der Waals surface area contributed by atoms with Gasteiger partial charge in [-0.25, -0.2) is 0 Å². The molecule has 6 rings (SSSR count). The number of benzene rings is 3. The Hall–Kier alpha value is -3.68. The maximum absolute atomic E-state index is 13.7. The van der Waals surface area contributed by atoms with E-state index in [1.807, 2.05) is 30.3 Å². The molecule has 0 unspecified atom stereocenters. The summed E-state index contributed by atoms with van der Waals surface area (Å²) in [5.74, 6) is 0.431. The van der Waals surface area contributed by atoms with Gasteiger partial charge in [0.25, 0.3) is 0 Å². The van der Waals surface area contributed by atoms with E-state index in [1.165, 1.54) is 0 Å². The maximum atomic E-state index is 13.7. The summed E-state index contributed by atoms with van der Waals surface area (Å²) in [6, 6.07) is 25.4.